The van der Waals surface area contributed by atoms with Gasteiger partial charge in [-0.1, -0.05) is 30.3 Å². The van der Waals surface area contributed by atoms with E-state index in [1.54, 1.807) is 18.2 Å². The maximum absolute atomic E-state index is 11.5. The number of hydrogen-bond donors (Lipinski definition) is 1. The van der Waals surface area contributed by atoms with Gasteiger partial charge in [-0.15, -0.1) is 0 Å². The SMILES string of the molecule is O=C1CCc2cc(O)ccc21.O=C1CCc2cc(OCc3ccccc3)ccc21. The van der Waals surface area contributed by atoms with Crippen molar-refractivity contribution in [3.05, 3.63) is 94.5 Å². The lowest BCUT2D eigenvalue weighted by Gasteiger charge is -2.07. The van der Waals surface area contributed by atoms with Crippen LogP contribution in [0.1, 0.15) is 50.2 Å². The number of carbonyl (C=O) groups excluding carboxylic acids is 2. The predicted molar refractivity (Wildman–Crippen MR) is 111 cm³/mol. The third-order valence-electron chi connectivity index (χ3n) is 5.26. The maximum Gasteiger partial charge on any atom is 0.163 e. The molecular formula is C25H22O4. The fourth-order valence-electron chi connectivity index (χ4n) is 3.70. The van der Waals surface area contributed by atoms with Crippen LogP contribution in [0.15, 0.2) is 66.7 Å². The van der Waals surface area contributed by atoms with Crippen molar-refractivity contribution in [2.24, 2.45) is 0 Å². The number of rotatable bonds is 3. The summed E-state index contributed by atoms with van der Waals surface area (Å²) in [6, 6.07) is 20.7. The van der Waals surface area contributed by atoms with E-state index in [4.69, 9.17) is 9.84 Å². The third kappa shape index (κ3) is 4.37. The number of aryl methyl sites for hydroxylation is 2. The van der Waals surface area contributed by atoms with Crippen molar-refractivity contribution < 1.29 is 19.4 Å². The van der Waals surface area contributed by atoms with Crippen LogP contribution in [0, 0.1) is 0 Å². The van der Waals surface area contributed by atoms with E-state index >= 15 is 0 Å². The summed E-state index contributed by atoms with van der Waals surface area (Å²) in [6.07, 6.45) is 2.86. The van der Waals surface area contributed by atoms with Crippen LogP contribution in [0.2, 0.25) is 0 Å². The first-order valence-electron chi connectivity index (χ1n) is 9.78. The topological polar surface area (TPSA) is 63.6 Å². The number of phenols is 1. The molecule has 5 rings (SSSR count). The summed E-state index contributed by atoms with van der Waals surface area (Å²) < 4.78 is 5.74. The van der Waals surface area contributed by atoms with Gasteiger partial charge in [0.25, 0.3) is 0 Å². The van der Waals surface area contributed by atoms with Crippen molar-refractivity contribution >= 4 is 11.6 Å². The van der Waals surface area contributed by atoms with Gasteiger partial charge in [-0.2, -0.15) is 0 Å². The smallest absolute Gasteiger partial charge is 0.163 e. The van der Waals surface area contributed by atoms with Crippen molar-refractivity contribution in [2.75, 3.05) is 0 Å². The van der Waals surface area contributed by atoms with Crippen molar-refractivity contribution in [1.82, 2.24) is 0 Å². The normalized spacial score (nSPS) is 14.1. The number of hydrogen-bond acceptors (Lipinski definition) is 4. The van der Waals surface area contributed by atoms with E-state index in [-0.39, 0.29) is 17.3 Å². The molecule has 3 aromatic carbocycles. The Morgan fingerprint density at radius 2 is 1.34 bits per heavy atom. The number of carbonyl (C=O) groups is 2. The first kappa shape index (κ1) is 18.9. The molecule has 0 saturated heterocycles. The van der Waals surface area contributed by atoms with Gasteiger partial charge in [0.2, 0.25) is 0 Å². The van der Waals surface area contributed by atoms with Gasteiger partial charge in [0.15, 0.2) is 11.6 Å². The largest absolute Gasteiger partial charge is 0.508 e. The fraction of sp³-hybridized carbons (Fsp3) is 0.200. The molecule has 0 atom stereocenters. The highest BCUT2D eigenvalue weighted by atomic mass is 16.5. The molecule has 0 heterocycles. The standard InChI is InChI=1S/C16H14O2.C9H8O2/c17-16-9-6-13-10-14(7-8-15(13)16)18-11-12-4-2-1-3-5-12;10-7-2-3-8-6(5-7)1-4-9(8)11/h1-5,7-8,10H,6,9,11H2;2-3,5,10H,1,4H2. The summed E-state index contributed by atoms with van der Waals surface area (Å²) in [5.74, 6) is 1.53. The van der Waals surface area contributed by atoms with Crippen LogP contribution in [-0.2, 0) is 19.4 Å². The fourth-order valence-corrected chi connectivity index (χ4v) is 3.70. The lowest BCUT2D eigenvalue weighted by molar-refractivity contribution is 0.0986. The Hall–Kier alpha value is -3.40. The van der Waals surface area contributed by atoms with Crippen molar-refractivity contribution in [1.29, 1.82) is 0 Å². The highest BCUT2D eigenvalue weighted by Gasteiger charge is 2.20. The number of fused-ring (bicyclic) bond motifs is 2. The van der Waals surface area contributed by atoms with E-state index < -0.39 is 0 Å². The summed E-state index contributed by atoms with van der Waals surface area (Å²) >= 11 is 0. The van der Waals surface area contributed by atoms with Gasteiger partial charge < -0.3 is 9.84 Å². The van der Waals surface area contributed by atoms with E-state index in [0.29, 0.717) is 19.4 Å². The van der Waals surface area contributed by atoms with Gasteiger partial charge in [0.05, 0.1) is 0 Å². The first-order chi connectivity index (χ1) is 14.1. The van der Waals surface area contributed by atoms with Crippen LogP contribution in [0.3, 0.4) is 0 Å². The zero-order valence-electron chi connectivity index (χ0n) is 16.1. The lowest BCUT2D eigenvalue weighted by atomic mass is 10.1. The molecule has 4 heteroatoms. The van der Waals surface area contributed by atoms with Crippen molar-refractivity contribution in [2.45, 2.75) is 32.3 Å². The van der Waals surface area contributed by atoms with Crippen LogP contribution < -0.4 is 4.74 Å². The van der Waals surface area contributed by atoms with E-state index in [9.17, 15) is 9.59 Å². The van der Waals surface area contributed by atoms with Crippen LogP contribution >= 0.6 is 0 Å². The molecule has 146 valence electrons. The van der Waals surface area contributed by atoms with E-state index in [1.165, 1.54) is 0 Å². The van der Waals surface area contributed by atoms with E-state index in [2.05, 4.69) is 0 Å². The number of ether oxygens (including phenoxy) is 1. The second-order valence-electron chi connectivity index (χ2n) is 7.28. The zero-order valence-corrected chi connectivity index (χ0v) is 16.1. The first-order valence-corrected chi connectivity index (χ1v) is 9.78. The van der Waals surface area contributed by atoms with Gasteiger partial charge in [-0.05, 0) is 65.9 Å². The van der Waals surface area contributed by atoms with Gasteiger partial charge in [-0.25, -0.2) is 0 Å². The minimum absolute atomic E-state index is 0.194. The van der Waals surface area contributed by atoms with Gasteiger partial charge in [-0.3, -0.25) is 9.59 Å². The van der Waals surface area contributed by atoms with Gasteiger partial charge >= 0.3 is 0 Å². The Morgan fingerprint density at radius 3 is 2.03 bits per heavy atom. The summed E-state index contributed by atoms with van der Waals surface area (Å²) in [5, 5.41) is 9.07. The Kier molecular flexibility index (Phi) is 5.43. The van der Waals surface area contributed by atoms with E-state index in [0.717, 1.165) is 46.4 Å². The van der Waals surface area contributed by atoms with Gasteiger partial charge in [0, 0.05) is 24.0 Å². The Morgan fingerprint density at radius 1 is 0.724 bits per heavy atom. The summed E-state index contributed by atoms with van der Waals surface area (Å²) in [5.41, 5.74) is 4.89. The minimum Gasteiger partial charge on any atom is -0.508 e. The van der Waals surface area contributed by atoms with Crippen molar-refractivity contribution in [3.8, 4) is 11.5 Å². The molecule has 0 saturated carbocycles. The number of ketones is 2. The average Bonchev–Trinajstić information content (AvgIpc) is 3.30. The molecule has 0 fully saturated rings. The molecule has 0 unspecified atom stereocenters. The number of aromatic hydroxyl groups is 1. The number of benzene rings is 3. The minimum atomic E-state index is 0.194. The van der Waals surface area contributed by atoms with Crippen LogP contribution in [0.25, 0.3) is 0 Å². The Balaban J connectivity index is 0.000000159. The highest BCUT2D eigenvalue weighted by molar-refractivity contribution is 6.01. The molecule has 1 N–H and O–H groups in total. The summed E-state index contributed by atoms with van der Waals surface area (Å²) in [7, 11) is 0. The van der Waals surface area contributed by atoms with Gasteiger partial charge in [0.1, 0.15) is 18.1 Å². The Bertz CT molecular complexity index is 1050. The van der Waals surface area contributed by atoms with Crippen LogP contribution in [-0.4, -0.2) is 16.7 Å². The molecule has 29 heavy (non-hydrogen) atoms. The van der Waals surface area contributed by atoms with Crippen LogP contribution in [0.4, 0.5) is 0 Å². The maximum atomic E-state index is 11.5. The Labute approximate surface area is 169 Å². The molecule has 2 aliphatic rings. The second-order valence-corrected chi connectivity index (χ2v) is 7.28. The number of phenolic OH excluding ortho intramolecular Hbond substituents is 1. The molecule has 4 nitrogen and oxygen atoms in total. The molecule has 0 bridgehead atoms. The molecule has 3 aromatic rings. The molecule has 0 aromatic heterocycles. The predicted octanol–water partition coefficient (Wildman–Crippen LogP) is 4.92. The van der Waals surface area contributed by atoms with Crippen molar-refractivity contribution in [3.63, 3.8) is 0 Å². The summed E-state index contributed by atoms with van der Waals surface area (Å²) in [6.45, 7) is 0.563. The molecule has 0 aliphatic heterocycles. The summed E-state index contributed by atoms with van der Waals surface area (Å²) in [4.78, 5) is 22.6. The number of Topliss-reactive ketones (excluding diaryl/α,β-unsaturated/α-hetero) is 2. The second kappa shape index (κ2) is 8.31. The monoisotopic (exact) mass is 386 g/mol. The molecule has 2 aliphatic carbocycles. The molecule has 0 amide bonds. The molecule has 0 spiro atoms. The molecular weight excluding hydrogens is 364 g/mol. The highest BCUT2D eigenvalue weighted by Crippen LogP contribution is 2.27. The quantitative estimate of drug-likeness (QED) is 0.694. The molecule has 0 radical (unpaired) electrons. The van der Waals surface area contributed by atoms with E-state index in [1.807, 2.05) is 48.5 Å². The van der Waals surface area contributed by atoms with Crippen LogP contribution in [0.5, 0.6) is 11.5 Å². The zero-order chi connectivity index (χ0) is 20.2. The average molecular weight is 386 g/mol. The third-order valence-corrected chi connectivity index (χ3v) is 5.26. The lowest BCUT2D eigenvalue weighted by Crippen LogP contribution is -1.96.